The Labute approximate surface area is 142 Å². The molecule has 6 heteroatoms. The summed E-state index contributed by atoms with van der Waals surface area (Å²) in [5, 5.41) is 2.82. The molecule has 1 aromatic rings. The molecule has 132 valence electrons. The highest BCUT2D eigenvalue weighted by molar-refractivity contribution is 5.97. The molecular formula is C18H26N2O4. The third-order valence-corrected chi connectivity index (χ3v) is 4.25. The van der Waals surface area contributed by atoms with Crippen LogP contribution in [0.4, 0.5) is 0 Å². The topological polar surface area (TPSA) is 90.7 Å². The van der Waals surface area contributed by atoms with Crippen LogP contribution in [-0.2, 0) is 9.53 Å². The molecule has 0 radical (unpaired) electrons. The van der Waals surface area contributed by atoms with Gasteiger partial charge >= 0.3 is 0 Å². The minimum absolute atomic E-state index is 0.254. The average Bonchev–Trinajstić information content (AvgIpc) is 2.58. The Hall–Kier alpha value is -2.08. The second-order valence-electron chi connectivity index (χ2n) is 6.18. The lowest BCUT2D eigenvalue weighted by Gasteiger charge is -2.28. The van der Waals surface area contributed by atoms with Crippen LogP contribution >= 0.6 is 0 Å². The van der Waals surface area contributed by atoms with E-state index in [1.54, 1.807) is 24.3 Å². The van der Waals surface area contributed by atoms with E-state index in [-0.39, 0.29) is 12.5 Å². The Morgan fingerprint density at radius 2 is 2.00 bits per heavy atom. The standard InChI is InChI=1S/C18H26N2O4/c1-13-6-2-4-8-15(13)23-11-10-20-18(22)14-7-3-5-9-16(14)24-12-17(19)21/h3,5,7,9,13,15H,2,4,6,8,10-12H2,1H3,(H2,19,21)(H,20,22). The van der Waals surface area contributed by atoms with Gasteiger partial charge in [0.1, 0.15) is 5.75 Å². The molecule has 1 aliphatic carbocycles. The predicted molar refractivity (Wildman–Crippen MR) is 90.8 cm³/mol. The molecule has 1 saturated carbocycles. The first-order chi connectivity index (χ1) is 11.6. The lowest BCUT2D eigenvalue weighted by atomic mass is 9.88. The Morgan fingerprint density at radius 1 is 1.25 bits per heavy atom. The maximum atomic E-state index is 12.3. The molecule has 0 heterocycles. The van der Waals surface area contributed by atoms with Crippen molar-refractivity contribution in [3.05, 3.63) is 29.8 Å². The van der Waals surface area contributed by atoms with E-state index in [1.165, 1.54) is 19.3 Å². The van der Waals surface area contributed by atoms with Crippen LogP contribution < -0.4 is 15.8 Å². The summed E-state index contributed by atoms with van der Waals surface area (Å²) in [6.07, 6.45) is 5.09. The maximum Gasteiger partial charge on any atom is 0.255 e. The van der Waals surface area contributed by atoms with Crippen molar-refractivity contribution in [2.24, 2.45) is 11.7 Å². The van der Waals surface area contributed by atoms with Gasteiger partial charge in [-0.05, 0) is 30.9 Å². The average molecular weight is 334 g/mol. The molecule has 3 N–H and O–H groups in total. The van der Waals surface area contributed by atoms with Crippen LogP contribution in [0, 0.1) is 5.92 Å². The lowest BCUT2D eigenvalue weighted by molar-refractivity contribution is -0.119. The highest BCUT2D eigenvalue weighted by atomic mass is 16.5. The number of hydrogen-bond donors (Lipinski definition) is 2. The van der Waals surface area contributed by atoms with E-state index in [4.69, 9.17) is 15.2 Å². The van der Waals surface area contributed by atoms with Crippen LogP contribution in [0.25, 0.3) is 0 Å². The molecule has 0 aliphatic heterocycles. The number of carbonyl (C=O) groups excluding carboxylic acids is 2. The first kappa shape index (κ1) is 18.3. The van der Waals surface area contributed by atoms with Crippen molar-refractivity contribution in [3.63, 3.8) is 0 Å². The van der Waals surface area contributed by atoms with Crippen molar-refractivity contribution in [2.45, 2.75) is 38.7 Å². The summed E-state index contributed by atoms with van der Waals surface area (Å²) in [4.78, 5) is 23.1. The minimum Gasteiger partial charge on any atom is -0.483 e. The van der Waals surface area contributed by atoms with Crippen molar-refractivity contribution in [1.29, 1.82) is 0 Å². The first-order valence-corrected chi connectivity index (χ1v) is 8.48. The minimum atomic E-state index is -0.583. The van der Waals surface area contributed by atoms with E-state index in [0.29, 0.717) is 36.5 Å². The fourth-order valence-electron chi connectivity index (χ4n) is 2.93. The van der Waals surface area contributed by atoms with Gasteiger partial charge in [-0.3, -0.25) is 9.59 Å². The Kier molecular flexibility index (Phi) is 7.06. The molecule has 24 heavy (non-hydrogen) atoms. The highest BCUT2D eigenvalue weighted by Gasteiger charge is 2.21. The molecule has 2 unspecified atom stereocenters. The first-order valence-electron chi connectivity index (χ1n) is 8.48. The van der Waals surface area contributed by atoms with E-state index in [2.05, 4.69) is 12.2 Å². The second-order valence-corrected chi connectivity index (χ2v) is 6.18. The molecule has 2 rings (SSSR count). The molecule has 0 bridgehead atoms. The number of carbonyl (C=O) groups is 2. The van der Waals surface area contributed by atoms with Crippen molar-refractivity contribution >= 4 is 11.8 Å². The molecule has 1 aliphatic rings. The van der Waals surface area contributed by atoms with Gasteiger partial charge in [0.15, 0.2) is 6.61 Å². The second kappa shape index (κ2) is 9.27. The third kappa shape index (κ3) is 5.53. The number of primary amides is 1. The van der Waals surface area contributed by atoms with Gasteiger partial charge < -0.3 is 20.5 Å². The summed E-state index contributed by atoms with van der Waals surface area (Å²) in [6, 6.07) is 6.76. The fraction of sp³-hybridized carbons (Fsp3) is 0.556. The summed E-state index contributed by atoms with van der Waals surface area (Å²) in [5.41, 5.74) is 5.45. The highest BCUT2D eigenvalue weighted by Crippen LogP contribution is 2.26. The van der Waals surface area contributed by atoms with Crippen molar-refractivity contribution in [1.82, 2.24) is 5.32 Å². The van der Waals surface area contributed by atoms with E-state index in [1.807, 2.05) is 0 Å². The summed E-state index contributed by atoms with van der Waals surface area (Å²) in [6.45, 7) is 2.89. The molecule has 0 saturated heterocycles. The largest absolute Gasteiger partial charge is 0.483 e. The molecule has 2 amide bonds. The van der Waals surface area contributed by atoms with Gasteiger partial charge in [-0.15, -0.1) is 0 Å². The quantitative estimate of drug-likeness (QED) is 0.710. The van der Waals surface area contributed by atoms with Gasteiger partial charge in [0, 0.05) is 6.54 Å². The third-order valence-electron chi connectivity index (χ3n) is 4.25. The number of hydrogen-bond acceptors (Lipinski definition) is 4. The maximum absolute atomic E-state index is 12.3. The summed E-state index contributed by atoms with van der Waals surface area (Å²) < 4.78 is 11.2. The number of nitrogens with two attached hydrogens (primary N) is 1. The van der Waals surface area contributed by atoms with Crippen LogP contribution in [0.2, 0.25) is 0 Å². The monoisotopic (exact) mass is 334 g/mol. The molecule has 1 fully saturated rings. The van der Waals surface area contributed by atoms with Crippen molar-refractivity contribution in [3.8, 4) is 5.75 Å². The number of nitrogens with one attached hydrogen (secondary N) is 1. The predicted octanol–water partition coefficient (Wildman–Crippen LogP) is 1.88. The normalized spacial score (nSPS) is 20.4. The SMILES string of the molecule is CC1CCCCC1OCCNC(=O)c1ccccc1OCC(N)=O. The number of benzene rings is 1. The molecular weight excluding hydrogens is 308 g/mol. The molecule has 0 spiro atoms. The van der Waals surface area contributed by atoms with E-state index >= 15 is 0 Å². The fourth-order valence-corrected chi connectivity index (χ4v) is 2.93. The Bertz CT molecular complexity index is 562. The zero-order chi connectivity index (χ0) is 17.4. The molecule has 6 nitrogen and oxygen atoms in total. The smallest absolute Gasteiger partial charge is 0.255 e. The molecule has 1 aromatic carbocycles. The van der Waals surface area contributed by atoms with Crippen LogP contribution in [0.3, 0.4) is 0 Å². The Morgan fingerprint density at radius 3 is 2.75 bits per heavy atom. The van der Waals surface area contributed by atoms with Gasteiger partial charge in [-0.2, -0.15) is 0 Å². The van der Waals surface area contributed by atoms with E-state index in [9.17, 15) is 9.59 Å². The Balaban J connectivity index is 1.79. The van der Waals surface area contributed by atoms with E-state index in [0.717, 1.165) is 6.42 Å². The number of ether oxygens (including phenoxy) is 2. The van der Waals surface area contributed by atoms with Crippen LogP contribution in [0.5, 0.6) is 5.75 Å². The summed E-state index contributed by atoms with van der Waals surface area (Å²) >= 11 is 0. The zero-order valence-corrected chi connectivity index (χ0v) is 14.1. The van der Waals surface area contributed by atoms with Gasteiger partial charge in [0.2, 0.25) is 0 Å². The van der Waals surface area contributed by atoms with Gasteiger partial charge in [-0.1, -0.05) is 31.9 Å². The van der Waals surface area contributed by atoms with Gasteiger partial charge in [0.05, 0.1) is 18.3 Å². The van der Waals surface area contributed by atoms with Crippen molar-refractivity contribution in [2.75, 3.05) is 19.8 Å². The summed E-state index contributed by atoms with van der Waals surface area (Å²) in [7, 11) is 0. The zero-order valence-electron chi connectivity index (χ0n) is 14.1. The number of para-hydroxylation sites is 1. The van der Waals surface area contributed by atoms with Crippen LogP contribution in [0.15, 0.2) is 24.3 Å². The molecule has 0 aromatic heterocycles. The molecule has 2 atom stereocenters. The van der Waals surface area contributed by atoms with Crippen molar-refractivity contribution < 1.29 is 19.1 Å². The number of rotatable bonds is 8. The van der Waals surface area contributed by atoms with Gasteiger partial charge in [-0.25, -0.2) is 0 Å². The lowest BCUT2D eigenvalue weighted by Crippen LogP contribution is -2.32. The summed E-state index contributed by atoms with van der Waals surface area (Å²) in [5.74, 6) is 0.0866. The number of amides is 2. The van der Waals surface area contributed by atoms with Gasteiger partial charge in [0.25, 0.3) is 11.8 Å². The van der Waals surface area contributed by atoms with Crippen LogP contribution in [-0.4, -0.2) is 37.7 Å². The van der Waals surface area contributed by atoms with Crippen LogP contribution in [0.1, 0.15) is 43.0 Å². The van der Waals surface area contributed by atoms with E-state index < -0.39 is 5.91 Å².